The molecule has 1 N–H and O–H groups in total. The highest BCUT2D eigenvalue weighted by atomic mass is 19.4. The molecule has 1 aromatic carbocycles. The minimum Gasteiger partial charge on any atom is -0.362 e. The fourth-order valence-corrected chi connectivity index (χ4v) is 2.85. The molecule has 0 bridgehead atoms. The number of halogens is 3. The highest BCUT2D eigenvalue weighted by Crippen LogP contribution is 2.44. The lowest BCUT2D eigenvalue weighted by atomic mass is 9.95. The van der Waals surface area contributed by atoms with Crippen LogP contribution in [0.1, 0.15) is 42.1 Å². The first kappa shape index (κ1) is 15.4. The predicted molar refractivity (Wildman–Crippen MR) is 78.8 cm³/mol. The molecule has 120 valence electrons. The van der Waals surface area contributed by atoms with Crippen LogP contribution in [0.3, 0.4) is 0 Å². The van der Waals surface area contributed by atoms with Gasteiger partial charge in [-0.05, 0) is 17.5 Å². The quantitative estimate of drug-likeness (QED) is 0.910. The molecule has 0 saturated carbocycles. The van der Waals surface area contributed by atoms with Crippen LogP contribution in [0.4, 0.5) is 19.0 Å². The average molecular weight is 320 g/mol. The van der Waals surface area contributed by atoms with Crippen molar-refractivity contribution < 1.29 is 13.2 Å². The highest BCUT2D eigenvalue weighted by Gasteiger charge is 2.46. The number of rotatable bonds is 2. The number of aromatic nitrogens is 2. The van der Waals surface area contributed by atoms with Gasteiger partial charge in [-0.1, -0.05) is 31.2 Å². The van der Waals surface area contributed by atoms with Gasteiger partial charge in [0.2, 0.25) is 0 Å². The van der Waals surface area contributed by atoms with E-state index in [-0.39, 0.29) is 17.8 Å². The zero-order valence-corrected chi connectivity index (χ0v) is 12.4. The fraction of sp³-hybridized carbons (Fsp3) is 0.375. The molecule has 0 fully saturated rings. The number of benzene rings is 1. The van der Waals surface area contributed by atoms with E-state index in [0.29, 0.717) is 0 Å². The summed E-state index contributed by atoms with van der Waals surface area (Å²) in [4.78, 5) is 0. The lowest BCUT2D eigenvalue weighted by Gasteiger charge is -2.33. The molecule has 3 rings (SSSR count). The first-order valence-corrected chi connectivity index (χ1v) is 7.33. The van der Waals surface area contributed by atoms with Crippen LogP contribution >= 0.6 is 0 Å². The van der Waals surface area contributed by atoms with Gasteiger partial charge >= 0.3 is 6.18 Å². The second-order valence-electron chi connectivity index (χ2n) is 5.55. The van der Waals surface area contributed by atoms with Crippen molar-refractivity contribution in [3.63, 3.8) is 0 Å². The van der Waals surface area contributed by atoms with E-state index in [1.807, 2.05) is 37.3 Å². The van der Waals surface area contributed by atoms with Crippen LogP contribution < -0.4 is 5.32 Å². The largest absolute Gasteiger partial charge is 0.410 e. The minimum absolute atomic E-state index is 0.120. The molecule has 1 aromatic heterocycles. The van der Waals surface area contributed by atoms with E-state index in [0.717, 1.165) is 22.2 Å². The highest BCUT2D eigenvalue weighted by molar-refractivity contribution is 5.54. The fourth-order valence-electron chi connectivity index (χ4n) is 2.85. The van der Waals surface area contributed by atoms with Gasteiger partial charge in [-0.15, -0.1) is 0 Å². The van der Waals surface area contributed by atoms with Gasteiger partial charge in [-0.25, -0.2) is 4.68 Å². The van der Waals surface area contributed by atoms with Crippen LogP contribution in [0.25, 0.3) is 0 Å². The summed E-state index contributed by atoms with van der Waals surface area (Å²) in [6, 6.07) is 7.13. The Balaban J connectivity index is 2.00. The number of nitriles is 1. The third kappa shape index (κ3) is 2.77. The molecule has 1 aliphatic heterocycles. The number of anilines is 1. The molecular weight excluding hydrogens is 305 g/mol. The molecule has 2 atom stereocenters. The zero-order chi connectivity index (χ0) is 16.6. The number of nitrogens with zero attached hydrogens (tertiary/aromatic N) is 3. The van der Waals surface area contributed by atoms with Crippen molar-refractivity contribution in [2.75, 3.05) is 5.32 Å². The van der Waals surface area contributed by atoms with Gasteiger partial charge in [-0.3, -0.25) is 0 Å². The summed E-state index contributed by atoms with van der Waals surface area (Å²) < 4.78 is 41.0. The lowest BCUT2D eigenvalue weighted by Crippen LogP contribution is -2.35. The van der Waals surface area contributed by atoms with Crippen molar-refractivity contribution in [3.05, 3.63) is 47.2 Å². The second kappa shape index (κ2) is 5.61. The Labute approximate surface area is 131 Å². The van der Waals surface area contributed by atoms with Crippen LogP contribution in [0.5, 0.6) is 0 Å². The van der Waals surface area contributed by atoms with Crippen LogP contribution in [0.15, 0.2) is 30.5 Å². The third-order valence-corrected chi connectivity index (χ3v) is 4.15. The van der Waals surface area contributed by atoms with Crippen LogP contribution in [0.2, 0.25) is 0 Å². The summed E-state index contributed by atoms with van der Waals surface area (Å²) in [6.07, 6.45) is -2.54. The van der Waals surface area contributed by atoms with E-state index < -0.39 is 18.3 Å². The van der Waals surface area contributed by atoms with Gasteiger partial charge < -0.3 is 5.32 Å². The Bertz CT molecular complexity index is 740. The van der Waals surface area contributed by atoms with E-state index in [4.69, 9.17) is 5.26 Å². The van der Waals surface area contributed by atoms with E-state index in [9.17, 15) is 13.2 Å². The summed E-state index contributed by atoms with van der Waals surface area (Å²) in [5, 5.41) is 15.8. The molecule has 2 aromatic rings. The van der Waals surface area contributed by atoms with E-state index in [1.165, 1.54) is 6.20 Å². The second-order valence-corrected chi connectivity index (χ2v) is 5.55. The Kier molecular flexibility index (Phi) is 3.76. The number of aryl methyl sites for hydroxylation is 1. The van der Waals surface area contributed by atoms with Gasteiger partial charge in [0.15, 0.2) is 6.04 Å². The molecule has 0 amide bonds. The number of alkyl halides is 3. The Morgan fingerprint density at radius 2 is 2.04 bits per heavy atom. The maximum Gasteiger partial charge on any atom is 0.410 e. The molecular formula is C16H15F3N4. The molecule has 2 heterocycles. The first-order valence-electron chi connectivity index (χ1n) is 7.33. The molecule has 4 nitrogen and oxygen atoms in total. The van der Waals surface area contributed by atoms with Gasteiger partial charge in [0.1, 0.15) is 17.5 Å². The first-order chi connectivity index (χ1) is 10.9. The average Bonchev–Trinajstić information content (AvgIpc) is 2.96. The van der Waals surface area contributed by atoms with Crippen LogP contribution in [0, 0.1) is 11.3 Å². The van der Waals surface area contributed by atoms with Crippen molar-refractivity contribution in [1.29, 1.82) is 5.26 Å². The third-order valence-electron chi connectivity index (χ3n) is 4.15. The molecule has 0 radical (unpaired) electrons. The summed E-state index contributed by atoms with van der Waals surface area (Å²) in [6.45, 7) is 2.02. The molecule has 0 spiro atoms. The Hall–Kier alpha value is -2.49. The lowest BCUT2D eigenvalue weighted by molar-refractivity contribution is -0.173. The van der Waals surface area contributed by atoms with E-state index in [1.54, 1.807) is 0 Å². The molecule has 1 aliphatic rings. The maximum atomic E-state index is 13.4. The number of nitrogens with one attached hydrogen (secondary N) is 1. The van der Waals surface area contributed by atoms with Crippen molar-refractivity contribution in [2.24, 2.45) is 0 Å². The van der Waals surface area contributed by atoms with Crippen molar-refractivity contribution in [3.8, 4) is 6.07 Å². The Morgan fingerprint density at radius 1 is 1.35 bits per heavy atom. The van der Waals surface area contributed by atoms with E-state index >= 15 is 0 Å². The van der Waals surface area contributed by atoms with Gasteiger partial charge in [0.05, 0.1) is 12.2 Å². The van der Waals surface area contributed by atoms with E-state index in [2.05, 4.69) is 10.4 Å². The standard InChI is InChI=1S/C16H15F3N4/c1-2-10-3-5-11(6-4-10)13-7-14(16(17,18)19)23-15(22-13)12(8-20)9-21-23/h3-6,9,13-14,22H,2,7H2,1H3. The zero-order valence-electron chi connectivity index (χ0n) is 12.4. The van der Waals surface area contributed by atoms with Crippen LogP contribution in [-0.4, -0.2) is 16.0 Å². The molecule has 23 heavy (non-hydrogen) atoms. The summed E-state index contributed by atoms with van der Waals surface area (Å²) >= 11 is 0. The van der Waals surface area contributed by atoms with Gasteiger partial charge in [-0.2, -0.15) is 23.5 Å². The molecule has 0 aliphatic carbocycles. The normalized spacial score (nSPS) is 20.5. The molecule has 0 saturated heterocycles. The minimum atomic E-state index is -4.42. The van der Waals surface area contributed by atoms with Crippen LogP contribution in [-0.2, 0) is 6.42 Å². The smallest absolute Gasteiger partial charge is 0.362 e. The predicted octanol–water partition coefficient (Wildman–Crippen LogP) is 3.98. The SMILES string of the molecule is CCc1ccc(C2CC(C(F)(F)F)n3ncc(C#N)c3N2)cc1. The van der Waals surface area contributed by atoms with Crippen molar-refractivity contribution >= 4 is 5.82 Å². The summed E-state index contributed by atoms with van der Waals surface area (Å²) in [7, 11) is 0. The van der Waals surface area contributed by atoms with Gasteiger partial charge in [0.25, 0.3) is 0 Å². The maximum absolute atomic E-state index is 13.4. The number of fused-ring (bicyclic) bond motifs is 1. The van der Waals surface area contributed by atoms with Crippen molar-refractivity contribution in [1.82, 2.24) is 9.78 Å². The number of hydrogen-bond donors (Lipinski definition) is 1. The number of hydrogen-bond acceptors (Lipinski definition) is 3. The summed E-state index contributed by atoms with van der Waals surface area (Å²) in [5.74, 6) is 0.130. The topological polar surface area (TPSA) is 53.6 Å². The van der Waals surface area contributed by atoms with Crippen molar-refractivity contribution in [2.45, 2.75) is 38.0 Å². The Morgan fingerprint density at radius 3 is 2.61 bits per heavy atom. The molecule has 2 unspecified atom stereocenters. The summed E-state index contributed by atoms with van der Waals surface area (Å²) in [5.41, 5.74) is 2.02. The molecule has 7 heteroatoms. The van der Waals surface area contributed by atoms with Gasteiger partial charge in [0, 0.05) is 6.42 Å². The monoisotopic (exact) mass is 320 g/mol.